The predicted octanol–water partition coefficient (Wildman–Crippen LogP) is 12.6. The number of hydrogen-bond acceptors (Lipinski definition) is 7. The third kappa shape index (κ3) is 42.1. The van der Waals surface area contributed by atoms with E-state index in [9.17, 15) is 14.3 Å². The summed E-state index contributed by atoms with van der Waals surface area (Å²) in [5.74, 6) is -0.345. The lowest BCUT2D eigenvalue weighted by atomic mass is 10.0. The molecular weight excluding hydrogens is 697 g/mol. The SMILES string of the molecule is CCCCC/C=C\C/C=C\CCCCCCCC(=O)OC(COCCCCCCCCCCCCCCCCCCC)COP(=O)([O-])OCC[N+](C)(C)C. The van der Waals surface area contributed by atoms with Crippen LogP contribution in [0.25, 0.3) is 0 Å². The van der Waals surface area contributed by atoms with Crippen molar-refractivity contribution >= 4 is 13.8 Å². The van der Waals surface area contributed by atoms with E-state index in [1.54, 1.807) is 0 Å². The summed E-state index contributed by atoms with van der Waals surface area (Å²) < 4.78 is 34.6. The summed E-state index contributed by atoms with van der Waals surface area (Å²) in [5.41, 5.74) is 0. The molecule has 0 aliphatic rings. The van der Waals surface area contributed by atoms with Gasteiger partial charge in [-0.3, -0.25) is 9.36 Å². The van der Waals surface area contributed by atoms with Gasteiger partial charge in [0, 0.05) is 13.0 Å². The number of nitrogens with zero attached hydrogens (tertiary/aromatic N) is 1. The molecule has 0 aromatic rings. The van der Waals surface area contributed by atoms with E-state index in [0.717, 1.165) is 57.8 Å². The largest absolute Gasteiger partial charge is 0.756 e. The van der Waals surface area contributed by atoms with Crippen LogP contribution in [0, 0.1) is 0 Å². The first-order valence-corrected chi connectivity index (χ1v) is 24.0. The lowest BCUT2D eigenvalue weighted by Gasteiger charge is -2.28. The summed E-state index contributed by atoms with van der Waals surface area (Å²) in [5, 5.41) is 0. The summed E-state index contributed by atoms with van der Waals surface area (Å²) in [6.45, 7) is 5.40. The van der Waals surface area contributed by atoms with Crippen LogP contribution in [0.15, 0.2) is 24.3 Å². The zero-order valence-electron chi connectivity index (χ0n) is 36.2. The highest BCUT2D eigenvalue weighted by Crippen LogP contribution is 2.38. The predicted molar refractivity (Wildman–Crippen MR) is 227 cm³/mol. The molecule has 320 valence electrons. The van der Waals surface area contributed by atoms with Crippen molar-refractivity contribution in [2.75, 3.05) is 54.1 Å². The Morgan fingerprint density at radius 1 is 0.574 bits per heavy atom. The molecule has 0 aliphatic carbocycles. The monoisotopic (exact) mass is 786 g/mol. The second-order valence-corrected chi connectivity index (χ2v) is 17.8. The van der Waals surface area contributed by atoms with Gasteiger partial charge in [0.1, 0.15) is 19.3 Å². The van der Waals surface area contributed by atoms with E-state index in [-0.39, 0.29) is 25.8 Å². The van der Waals surface area contributed by atoms with E-state index in [4.69, 9.17) is 18.5 Å². The van der Waals surface area contributed by atoms with Gasteiger partial charge in [0.15, 0.2) is 0 Å². The van der Waals surface area contributed by atoms with E-state index < -0.39 is 13.9 Å². The number of quaternary nitrogens is 1. The van der Waals surface area contributed by atoms with Crippen LogP contribution in [0.4, 0.5) is 0 Å². The zero-order chi connectivity index (χ0) is 39.9. The van der Waals surface area contributed by atoms with Crippen LogP contribution in [0.2, 0.25) is 0 Å². The molecule has 0 bridgehead atoms. The van der Waals surface area contributed by atoms with E-state index >= 15 is 0 Å². The fourth-order valence-corrected chi connectivity index (χ4v) is 6.95. The number of likely N-dealkylation sites (N-methyl/N-ethyl adjacent to an activating group) is 1. The van der Waals surface area contributed by atoms with Crippen molar-refractivity contribution in [3.63, 3.8) is 0 Å². The Kier molecular flexibility index (Phi) is 38.1. The van der Waals surface area contributed by atoms with Crippen LogP contribution in [0.5, 0.6) is 0 Å². The van der Waals surface area contributed by atoms with Crippen molar-refractivity contribution in [2.45, 2.75) is 206 Å². The summed E-state index contributed by atoms with van der Waals surface area (Å²) in [7, 11) is 1.35. The minimum Gasteiger partial charge on any atom is -0.756 e. The number of ether oxygens (including phenoxy) is 2. The van der Waals surface area contributed by atoms with Gasteiger partial charge in [-0.25, -0.2) is 0 Å². The van der Waals surface area contributed by atoms with Crippen LogP contribution >= 0.6 is 7.82 Å². The molecule has 0 N–H and O–H groups in total. The van der Waals surface area contributed by atoms with Crippen molar-refractivity contribution in [3.8, 4) is 0 Å². The molecule has 8 nitrogen and oxygen atoms in total. The van der Waals surface area contributed by atoms with Gasteiger partial charge in [-0.15, -0.1) is 0 Å². The number of unbranched alkanes of at least 4 members (excludes halogenated alkanes) is 24. The number of allylic oxidation sites excluding steroid dienone is 4. The Bertz CT molecular complexity index is 920. The van der Waals surface area contributed by atoms with Gasteiger partial charge in [0.05, 0.1) is 34.4 Å². The molecule has 0 heterocycles. The molecule has 0 spiro atoms. The van der Waals surface area contributed by atoms with E-state index in [1.807, 2.05) is 21.1 Å². The van der Waals surface area contributed by atoms with Crippen molar-refractivity contribution < 1.29 is 37.3 Å². The average molecular weight is 786 g/mol. The van der Waals surface area contributed by atoms with Crippen LogP contribution in [0.1, 0.15) is 200 Å². The number of rotatable bonds is 42. The molecule has 0 radical (unpaired) electrons. The molecule has 0 aromatic heterocycles. The van der Waals surface area contributed by atoms with Crippen LogP contribution in [0.3, 0.4) is 0 Å². The zero-order valence-corrected chi connectivity index (χ0v) is 37.1. The van der Waals surface area contributed by atoms with Crippen molar-refractivity contribution in [1.29, 1.82) is 0 Å². The van der Waals surface area contributed by atoms with Crippen molar-refractivity contribution in [3.05, 3.63) is 24.3 Å². The molecule has 0 amide bonds. The van der Waals surface area contributed by atoms with Crippen LogP contribution in [-0.2, 0) is 27.9 Å². The molecule has 0 fully saturated rings. The number of phosphoric ester groups is 1. The first-order valence-electron chi connectivity index (χ1n) is 22.6. The maximum Gasteiger partial charge on any atom is 0.306 e. The molecule has 0 saturated heterocycles. The van der Waals surface area contributed by atoms with Crippen LogP contribution in [-0.4, -0.2) is 70.7 Å². The fourth-order valence-electron chi connectivity index (χ4n) is 6.22. The van der Waals surface area contributed by atoms with Gasteiger partial charge < -0.3 is 27.9 Å². The Balaban J connectivity index is 4.21. The Morgan fingerprint density at radius 2 is 1.02 bits per heavy atom. The topological polar surface area (TPSA) is 94.1 Å². The third-order valence-electron chi connectivity index (χ3n) is 9.76. The molecule has 2 unspecified atom stereocenters. The number of carbonyl (C=O) groups excluding carboxylic acids is 1. The molecule has 0 aliphatic heterocycles. The first-order chi connectivity index (χ1) is 26.1. The van der Waals surface area contributed by atoms with Crippen LogP contribution < -0.4 is 4.89 Å². The lowest BCUT2D eigenvalue weighted by molar-refractivity contribution is -0.870. The quantitative estimate of drug-likeness (QED) is 0.0200. The third-order valence-corrected chi connectivity index (χ3v) is 10.7. The van der Waals surface area contributed by atoms with E-state index in [0.29, 0.717) is 24.1 Å². The molecule has 2 atom stereocenters. The Hall–Kier alpha value is -1.02. The normalized spacial score (nSPS) is 14.0. The number of carbonyl (C=O) groups is 1. The second-order valence-electron chi connectivity index (χ2n) is 16.4. The lowest BCUT2D eigenvalue weighted by Crippen LogP contribution is -2.37. The summed E-state index contributed by atoms with van der Waals surface area (Å²) in [4.78, 5) is 25.0. The van der Waals surface area contributed by atoms with Gasteiger partial charge in [0.25, 0.3) is 7.82 Å². The minimum atomic E-state index is -4.52. The van der Waals surface area contributed by atoms with E-state index in [2.05, 4.69) is 38.2 Å². The molecule has 54 heavy (non-hydrogen) atoms. The Labute approximate surface area is 334 Å². The van der Waals surface area contributed by atoms with Gasteiger partial charge in [-0.2, -0.15) is 0 Å². The molecule has 0 rings (SSSR count). The minimum absolute atomic E-state index is 0.0252. The number of phosphoric acid groups is 1. The van der Waals surface area contributed by atoms with Gasteiger partial charge in [0.2, 0.25) is 0 Å². The maximum atomic E-state index is 12.7. The highest BCUT2D eigenvalue weighted by molar-refractivity contribution is 7.45. The standard InChI is InChI=1S/C45H88NO7P/c1-6-8-10-12-14-16-18-20-22-23-25-27-29-31-33-35-37-40-50-42-44(43-52-54(48,49)51-41-39-46(3,4)5)53-45(47)38-36-34-32-30-28-26-24-21-19-17-15-13-11-9-7-2/h15,17,21,24,44H,6-14,16,18-20,22-23,25-43H2,1-5H3/b17-15-,24-21-. The molecular formula is C45H88NO7P. The molecule has 0 saturated carbocycles. The second kappa shape index (κ2) is 38.8. The molecule has 0 aromatic carbocycles. The summed E-state index contributed by atoms with van der Waals surface area (Å²) >= 11 is 0. The van der Waals surface area contributed by atoms with E-state index in [1.165, 1.54) is 122 Å². The van der Waals surface area contributed by atoms with Crippen molar-refractivity contribution in [1.82, 2.24) is 0 Å². The number of esters is 1. The summed E-state index contributed by atoms with van der Waals surface area (Å²) in [6.07, 6.45) is 43.3. The average Bonchev–Trinajstić information content (AvgIpc) is 3.12. The fraction of sp³-hybridized carbons (Fsp3) is 0.889. The van der Waals surface area contributed by atoms with Gasteiger partial charge >= 0.3 is 5.97 Å². The Morgan fingerprint density at radius 3 is 1.54 bits per heavy atom. The highest BCUT2D eigenvalue weighted by Gasteiger charge is 2.20. The highest BCUT2D eigenvalue weighted by atomic mass is 31.2. The van der Waals surface area contributed by atoms with Crippen molar-refractivity contribution in [2.24, 2.45) is 0 Å². The molecule has 9 heteroatoms. The number of hydrogen-bond donors (Lipinski definition) is 0. The van der Waals surface area contributed by atoms with Gasteiger partial charge in [-0.05, 0) is 44.9 Å². The maximum absolute atomic E-state index is 12.7. The first kappa shape index (κ1) is 53.0. The summed E-state index contributed by atoms with van der Waals surface area (Å²) in [6, 6.07) is 0. The van der Waals surface area contributed by atoms with Gasteiger partial charge in [-0.1, -0.05) is 173 Å². The smallest absolute Gasteiger partial charge is 0.306 e.